The van der Waals surface area contributed by atoms with Crippen molar-refractivity contribution >= 4 is 0 Å². The molecule has 0 amide bonds. The molecule has 0 bridgehead atoms. The first-order valence-electron chi connectivity index (χ1n) is 8.90. The molecule has 0 saturated heterocycles. The summed E-state index contributed by atoms with van der Waals surface area (Å²) in [5.41, 5.74) is 0. The molecular weight excluding hydrogens is 280 g/mol. The van der Waals surface area contributed by atoms with Gasteiger partial charge in [0, 0.05) is 6.61 Å². The molecule has 0 spiro atoms. The lowest BCUT2D eigenvalue weighted by Crippen LogP contribution is -2.22. The Balaban J connectivity index is 2.36. The smallest absolute Gasteiger partial charge is 0.0599 e. The Morgan fingerprint density at radius 1 is 1.05 bits per heavy atom. The van der Waals surface area contributed by atoms with E-state index in [1.807, 2.05) is 6.92 Å². The molecule has 4 nitrogen and oxygen atoms in total. The molecule has 4 heteroatoms. The van der Waals surface area contributed by atoms with Crippen LogP contribution >= 0.6 is 0 Å². The number of aliphatic hydroxyl groups excluding tert-OH is 4. The lowest BCUT2D eigenvalue weighted by Gasteiger charge is -2.23. The number of rotatable bonds is 11. The summed E-state index contributed by atoms with van der Waals surface area (Å²) in [4.78, 5) is 0. The molecule has 22 heavy (non-hydrogen) atoms. The van der Waals surface area contributed by atoms with Crippen LogP contribution in [0.3, 0.4) is 0 Å². The van der Waals surface area contributed by atoms with Gasteiger partial charge >= 0.3 is 0 Å². The van der Waals surface area contributed by atoms with E-state index >= 15 is 0 Å². The first-order valence-corrected chi connectivity index (χ1v) is 8.90. The fourth-order valence-electron chi connectivity index (χ4n) is 3.44. The average molecular weight is 314 g/mol. The van der Waals surface area contributed by atoms with Gasteiger partial charge < -0.3 is 20.4 Å². The predicted molar refractivity (Wildman–Crippen MR) is 88.5 cm³/mol. The van der Waals surface area contributed by atoms with E-state index in [1.54, 1.807) is 0 Å². The maximum Gasteiger partial charge on any atom is 0.0599 e. The van der Waals surface area contributed by atoms with Gasteiger partial charge in [-0.2, -0.15) is 0 Å². The summed E-state index contributed by atoms with van der Waals surface area (Å²) < 4.78 is 0. The highest BCUT2D eigenvalue weighted by molar-refractivity contribution is 4.96. The third kappa shape index (κ3) is 6.78. The first kappa shape index (κ1) is 19.6. The van der Waals surface area contributed by atoms with Crippen molar-refractivity contribution in [3.63, 3.8) is 0 Å². The van der Waals surface area contributed by atoms with Crippen LogP contribution in [0.5, 0.6) is 0 Å². The van der Waals surface area contributed by atoms with E-state index in [4.69, 9.17) is 5.11 Å². The number of hydrogen-bond acceptors (Lipinski definition) is 4. The fourth-order valence-corrected chi connectivity index (χ4v) is 3.44. The predicted octanol–water partition coefficient (Wildman–Crippen LogP) is 2.39. The fraction of sp³-hybridized carbons (Fsp3) is 0.889. The summed E-state index contributed by atoms with van der Waals surface area (Å²) in [6.45, 7) is 2.22. The molecule has 130 valence electrons. The van der Waals surface area contributed by atoms with Crippen molar-refractivity contribution < 1.29 is 20.4 Å². The molecule has 1 fully saturated rings. The van der Waals surface area contributed by atoms with Crippen LogP contribution in [0.25, 0.3) is 0 Å². The molecule has 0 aromatic carbocycles. The van der Waals surface area contributed by atoms with Gasteiger partial charge in [0.05, 0.1) is 18.3 Å². The average Bonchev–Trinajstić information content (AvgIpc) is 2.77. The highest BCUT2D eigenvalue weighted by Gasteiger charge is 2.40. The van der Waals surface area contributed by atoms with Crippen LogP contribution in [0.4, 0.5) is 0 Å². The first-order chi connectivity index (χ1) is 10.6. The zero-order valence-corrected chi connectivity index (χ0v) is 13.9. The van der Waals surface area contributed by atoms with Crippen molar-refractivity contribution in [2.45, 2.75) is 83.0 Å². The molecule has 3 unspecified atom stereocenters. The SMILES string of the molecule is CCC(O)CCCC1C(C/C=C\CCCCO)[C@@H](O)C[C@H]1O. The van der Waals surface area contributed by atoms with Gasteiger partial charge in [-0.1, -0.05) is 25.5 Å². The summed E-state index contributed by atoms with van der Waals surface area (Å²) in [6.07, 6.45) is 10.5. The van der Waals surface area contributed by atoms with Gasteiger partial charge in [0.15, 0.2) is 0 Å². The van der Waals surface area contributed by atoms with E-state index in [2.05, 4.69) is 12.2 Å². The molecule has 1 saturated carbocycles. The maximum atomic E-state index is 10.2. The summed E-state index contributed by atoms with van der Waals surface area (Å²) >= 11 is 0. The van der Waals surface area contributed by atoms with Crippen LogP contribution < -0.4 is 0 Å². The quantitative estimate of drug-likeness (QED) is 0.349. The van der Waals surface area contributed by atoms with Crippen molar-refractivity contribution in [3.8, 4) is 0 Å². The Morgan fingerprint density at radius 2 is 1.77 bits per heavy atom. The standard InChI is InChI=1S/C18H34O4/c1-2-14(20)9-8-11-16-15(17(21)13-18(16)22)10-6-4-3-5-7-12-19/h4,6,14-22H,2-3,5,7-13H2,1H3/b6-4-/t14?,15?,16?,17-,18+/m0/s1. The van der Waals surface area contributed by atoms with Gasteiger partial charge in [0.25, 0.3) is 0 Å². The zero-order chi connectivity index (χ0) is 16.4. The van der Waals surface area contributed by atoms with E-state index < -0.39 is 12.2 Å². The van der Waals surface area contributed by atoms with Gasteiger partial charge in [-0.25, -0.2) is 0 Å². The number of allylic oxidation sites excluding steroid dienone is 2. The Hall–Kier alpha value is -0.420. The second-order valence-electron chi connectivity index (χ2n) is 6.62. The van der Waals surface area contributed by atoms with Crippen LogP contribution in [0.15, 0.2) is 12.2 Å². The van der Waals surface area contributed by atoms with Crippen molar-refractivity contribution in [1.29, 1.82) is 0 Å². The molecule has 1 aliphatic carbocycles. The molecule has 0 radical (unpaired) electrons. The summed E-state index contributed by atoms with van der Waals surface area (Å²) in [6, 6.07) is 0. The number of unbranched alkanes of at least 4 members (excludes halogenated alkanes) is 2. The minimum Gasteiger partial charge on any atom is -0.396 e. The largest absolute Gasteiger partial charge is 0.396 e. The number of aliphatic hydroxyl groups is 4. The van der Waals surface area contributed by atoms with E-state index in [1.165, 1.54) is 0 Å². The van der Waals surface area contributed by atoms with Crippen molar-refractivity contribution in [1.82, 2.24) is 0 Å². The highest BCUT2D eigenvalue weighted by atomic mass is 16.3. The molecule has 0 aromatic heterocycles. The molecule has 0 heterocycles. The van der Waals surface area contributed by atoms with Crippen LogP contribution in [0.1, 0.15) is 64.7 Å². The van der Waals surface area contributed by atoms with Crippen molar-refractivity contribution in [2.75, 3.05) is 6.61 Å². The maximum absolute atomic E-state index is 10.2. The van der Waals surface area contributed by atoms with Crippen LogP contribution in [0, 0.1) is 11.8 Å². The molecular formula is C18H34O4. The minimum atomic E-state index is -0.418. The van der Waals surface area contributed by atoms with Crippen LogP contribution in [-0.4, -0.2) is 45.3 Å². The third-order valence-electron chi connectivity index (χ3n) is 4.92. The summed E-state index contributed by atoms with van der Waals surface area (Å²) in [7, 11) is 0. The van der Waals surface area contributed by atoms with Crippen molar-refractivity contribution in [2.24, 2.45) is 11.8 Å². The monoisotopic (exact) mass is 314 g/mol. The lowest BCUT2D eigenvalue weighted by atomic mass is 9.86. The Bertz CT molecular complexity index is 305. The highest BCUT2D eigenvalue weighted by Crippen LogP contribution is 2.38. The van der Waals surface area contributed by atoms with Gasteiger partial charge in [0.1, 0.15) is 0 Å². The van der Waals surface area contributed by atoms with Crippen molar-refractivity contribution in [3.05, 3.63) is 12.2 Å². The van der Waals surface area contributed by atoms with Gasteiger partial charge in [0.2, 0.25) is 0 Å². The Kier molecular flexibility index (Phi) is 9.96. The molecule has 5 atom stereocenters. The Labute approximate surface area is 134 Å². The van der Waals surface area contributed by atoms with Gasteiger partial charge in [-0.15, -0.1) is 0 Å². The molecule has 0 aliphatic heterocycles. The summed E-state index contributed by atoms with van der Waals surface area (Å²) in [5, 5.41) is 38.6. The normalized spacial score (nSPS) is 30.2. The number of hydrogen-bond donors (Lipinski definition) is 4. The molecule has 4 N–H and O–H groups in total. The van der Waals surface area contributed by atoms with E-state index in [0.717, 1.165) is 51.4 Å². The molecule has 0 aromatic rings. The van der Waals surface area contributed by atoms with E-state index in [9.17, 15) is 15.3 Å². The minimum absolute atomic E-state index is 0.128. The third-order valence-corrected chi connectivity index (χ3v) is 4.92. The second-order valence-corrected chi connectivity index (χ2v) is 6.62. The van der Waals surface area contributed by atoms with Crippen LogP contribution in [0.2, 0.25) is 0 Å². The van der Waals surface area contributed by atoms with Gasteiger partial charge in [-0.3, -0.25) is 0 Å². The molecule has 1 aliphatic rings. The lowest BCUT2D eigenvalue weighted by molar-refractivity contribution is 0.0999. The summed E-state index contributed by atoms with van der Waals surface area (Å²) in [5.74, 6) is 0.268. The zero-order valence-electron chi connectivity index (χ0n) is 13.9. The van der Waals surface area contributed by atoms with Gasteiger partial charge in [-0.05, 0) is 63.2 Å². The van der Waals surface area contributed by atoms with E-state index in [-0.39, 0.29) is 24.5 Å². The Morgan fingerprint density at radius 3 is 2.45 bits per heavy atom. The molecule has 1 rings (SSSR count). The van der Waals surface area contributed by atoms with E-state index in [0.29, 0.717) is 6.42 Å². The second kappa shape index (κ2) is 11.2. The topological polar surface area (TPSA) is 80.9 Å². The van der Waals surface area contributed by atoms with Crippen LogP contribution in [-0.2, 0) is 0 Å².